The van der Waals surface area contributed by atoms with Crippen molar-refractivity contribution in [2.75, 3.05) is 0 Å². The van der Waals surface area contributed by atoms with Crippen LogP contribution in [0.2, 0.25) is 0 Å². The number of hydrogen-bond acceptors (Lipinski definition) is 3. The van der Waals surface area contributed by atoms with Crippen LogP contribution in [0, 0.1) is 11.0 Å². The van der Waals surface area contributed by atoms with Gasteiger partial charge in [0.15, 0.2) is 10.9 Å². The van der Waals surface area contributed by atoms with Crippen molar-refractivity contribution in [1.29, 1.82) is 0 Å². The van der Waals surface area contributed by atoms with Crippen LogP contribution in [0.3, 0.4) is 0 Å². The van der Waals surface area contributed by atoms with Gasteiger partial charge >= 0.3 is 0 Å². The molecule has 2 N–H and O–H groups in total. The van der Waals surface area contributed by atoms with E-state index in [0.29, 0.717) is 10.6 Å². The summed E-state index contributed by atoms with van der Waals surface area (Å²) >= 11 is 1.46. The third kappa shape index (κ3) is 4.20. The van der Waals surface area contributed by atoms with Gasteiger partial charge in [0, 0.05) is 23.1 Å². The van der Waals surface area contributed by atoms with E-state index in [0.717, 1.165) is 30.6 Å². The number of hydrazine groups is 1. The van der Waals surface area contributed by atoms with Crippen LogP contribution < -0.4 is 10.7 Å². The van der Waals surface area contributed by atoms with Gasteiger partial charge in [-0.25, -0.2) is 0 Å². The second-order valence-electron chi connectivity index (χ2n) is 5.98. The lowest BCUT2D eigenvalue weighted by Gasteiger charge is -2.24. The molecule has 3 rings (SSSR count). The van der Waals surface area contributed by atoms with Gasteiger partial charge in [-0.3, -0.25) is 4.79 Å². The molecule has 1 unspecified atom stereocenters. The lowest BCUT2D eigenvalue weighted by atomic mass is 9.95. The van der Waals surface area contributed by atoms with Gasteiger partial charge in [-0.1, -0.05) is 37.5 Å². The van der Waals surface area contributed by atoms with Crippen molar-refractivity contribution >= 4 is 22.9 Å². The second-order valence-corrected chi connectivity index (χ2v) is 6.96. The highest BCUT2D eigenvalue weighted by atomic mass is 32.1. The lowest BCUT2D eigenvalue weighted by Crippen LogP contribution is -2.44. The maximum atomic E-state index is 12.7. The van der Waals surface area contributed by atoms with Crippen molar-refractivity contribution in [3.8, 4) is 0 Å². The molecular weight excluding hydrogens is 322 g/mol. The Kier molecular flexibility index (Phi) is 5.59. The minimum Gasteiger partial charge on any atom is -0.351 e. The SMILES string of the molecule is O=C(NC1CCCCC1)C(N[N+](=O)c1c[c]ccc1)c1cccs1. The predicted molar refractivity (Wildman–Crippen MR) is 93.8 cm³/mol. The van der Waals surface area contributed by atoms with E-state index in [1.165, 1.54) is 17.8 Å². The first-order valence-corrected chi connectivity index (χ1v) is 9.15. The molecule has 0 saturated heterocycles. The molecule has 1 aliphatic carbocycles. The van der Waals surface area contributed by atoms with Crippen LogP contribution in [0.1, 0.15) is 43.0 Å². The van der Waals surface area contributed by atoms with Crippen molar-refractivity contribution in [3.05, 3.63) is 57.6 Å². The molecule has 5 nitrogen and oxygen atoms in total. The summed E-state index contributed by atoms with van der Waals surface area (Å²) in [7, 11) is 0. The quantitative estimate of drug-likeness (QED) is 0.622. The third-order valence-corrected chi connectivity index (χ3v) is 5.15. The Bertz CT molecular complexity index is 667. The summed E-state index contributed by atoms with van der Waals surface area (Å²) in [6, 6.07) is 12.9. The predicted octanol–water partition coefficient (Wildman–Crippen LogP) is 3.65. The number of carbonyl (C=O) groups is 1. The van der Waals surface area contributed by atoms with E-state index in [-0.39, 0.29) is 11.9 Å². The molecule has 1 radical (unpaired) electrons. The Morgan fingerprint density at radius 3 is 2.75 bits per heavy atom. The van der Waals surface area contributed by atoms with Gasteiger partial charge in [0.2, 0.25) is 0 Å². The fourth-order valence-corrected chi connectivity index (χ4v) is 3.71. The molecule has 1 aromatic carbocycles. The third-order valence-electron chi connectivity index (χ3n) is 4.21. The van der Waals surface area contributed by atoms with E-state index in [1.807, 2.05) is 17.5 Å². The van der Waals surface area contributed by atoms with Crippen molar-refractivity contribution in [1.82, 2.24) is 10.7 Å². The Labute approximate surface area is 145 Å². The summed E-state index contributed by atoms with van der Waals surface area (Å²) in [5, 5.41) is 5.00. The molecule has 125 valence electrons. The molecule has 0 aliphatic heterocycles. The molecular formula is C18H21N3O2S+. The number of benzene rings is 1. The number of nitrogens with zero attached hydrogens (tertiary/aromatic N) is 1. The van der Waals surface area contributed by atoms with Crippen LogP contribution in [0.5, 0.6) is 0 Å². The van der Waals surface area contributed by atoms with E-state index in [2.05, 4.69) is 16.8 Å². The molecule has 0 spiro atoms. The number of hydrogen-bond donors (Lipinski definition) is 2. The van der Waals surface area contributed by atoms with Crippen molar-refractivity contribution in [3.63, 3.8) is 0 Å². The number of carbonyl (C=O) groups excluding carboxylic acids is 1. The summed E-state index contributed by atoms with van der Waals surface area (Å²) in [6.45, 7) is 0. The molecule has 24 heavy (non-hydrogen) atoms. The summed E-state index contributed by atoms with van der Waals surface area (Å²) in [4.78, 5) is 26.6. The van der Waals surface area contributed by atoms with Crippen LogP contribution in [0.15, 0.2) is 41.8 Å². The lowest BCUT2D eigenvalue weighted by molar-refractivity contribution is -0.533. The van der Waals surface area contributed by atoms with Gasteiger partial charge in [-0.05, 0) is 30.4 Å². The van der Waals surface area contributed by atoms with Gasteiger partial charge in [0.1, 0.15) is 0 Å². The normalized spacial score (nSPS) is 16.3. The van der Waals surface area contributed by atoms with Crippen LogP contribution in [0.4, 0.5) is 5.69 Å². The molecule has 1 fully saturated rings. The van der Waals surface area contributed by atoms with Gasteiger partial charge < -0.3 is 5.32 Å². The van der Waals surface area contributed by atoms with Crippen LogP contribution in [0.25, 0.3) is 0 Å². The largest absolute Gasteiger partial charge is 0.351 e. The van der Waals surface area contributed by atoms with Crippen LogP contribution in [-0.2, 0) is 4.79 Å². The maximum absolute atomic E-state index is 12.7. The highest BCUT2D eigenvalue weighted by Crippen LogP contribution is 2.23. The van der Waals surface area contributed by atoms with Gasteiger partial charge in [0.25, 0.3) is 11.6 Å². The number of nitrogens with one attached hydrogen (secondary N) is 2. The number of nitroso groups, excluding NO2 is 1. The first-order chi connectivity index (χ1) is 11.7. The maximum Gasteiger partial charge on any atom is 0.292 e. The molecule has 0 bridgehead atoms. The molecule has 1 aliphatic rings. The van der Waals surface area contributed by atoms with Crippen molar-refractivity contribution < 1.29 is 9.66 Å². The smallest absolute Gasteiger partial charge is 0.292 e. The van der Waals surface area contributed by atoms with E-state index in [1.54, 1.807) is 24.3 Å². The number of thiophene rings is 1. The Morgan fingerprint density at radius 1 is 1.25 bits per heavy atom. The van der Waals surface area contributed by atoms with Crippen LogP contribution >= 0.6 is 11.3 Å². The minimum atomic E-state index is -0.690. The van der Waals surface area contributed by atoms with E-state index in [4.69, 9.17) is 0 Å². The van der Waals surface area contributed by atoms with E-state index < -0.39 is 6.04 Å². The molecule has 2 aromatic rings. The second kappa shape index (κ2) is 8.06. The Morgan fingerprint density at radius 2 is 2.08 bits per heavy atom. The van der Waals surface area contributed by atoms with Crippen molar-refractivity contribution in [2.24, 2.45) is 0 Å². The van der Waals surface area contributed by atoms with Gasteiger partial charge in [-0.15, -0.1) is 16.8 Å². The first-order valence-electron chi connectivity index (χ1n) is 8.27. The van der Waals surface area contributed by atoms with Crippen LogP contribution in [-0.4, -0.2) is 16.8 Å². The summed E-state index contributed by atoms with van der Waals surface area (Å²) < 4.78 is 0. The van der Waals surface area contributed by atoms with Gasteiger partial charge in [0.05, 0.1) is 4.91 Å². The molecule has 1 saturated carbocycles. The molecule has 1 heterocycles. The standard InChI is InChI=1S/C18H20N3O2S/c22-18(19-14-8-3-1-4-9-14)17(16-12-7-13-24-16)20-21(23)15-10-5-2-6-11-15/h2,5,7,10-14,17H,1,3-4,8-9H2,(H-,19,20,22,23)/p+1. The highest BCUT2D eigenvalue weighted by molar-refractivity contribution is 7.10. The fraction of sp³-hybridized carbons (Fsp3) is 0.389. The van der Waals surface area contributed by atoms with Gasteiger partial charge in [-0.2, -0.15) is 0 Å². The fourth-order valence-electron chi connectivity index (χ4n) is 2.94. The monoisotopic (exact) mass is 343 g/mol. The molecule has 1 atom stereocenters. The average Bonchev–Trinajstić information content (AvgIpc) is 3.15. The first kappa shape index (κ1) is 16.6. The zero-order chi connectivity index (χ0) is 16.8. The Balaban J connectivity index is 1.71. The molecule has 1 aromatic heterocycles. The Hall–Kier alpha value is -2.21. The van der Waals surface area contributed by atoms with E-state index >= 15 is 0 Å². The summed E-state index contributed by atoms with van der Waals surface area (Å²) in [5.74, 6) is -0.148. The number of amides is 1. The molecule has 6 heteroatoms. The zero-order valence-corrected chi connectivity index (χ0v) is 14.2. The van der Waals surface area contributed by atoms with E-state index in [9.17, 15) is 9.70 Å². The minimum absolute atomic E-state index is 0.148. The highest BCUT2D eigenvalue weighted by Gasteiger charge is 2.30. The van der Waals surface area contributed by atoms with Crippen molar-refractivity contribution in [2.45, 2.75) is 44.2 Å². The zero-order valence-electron chi connectivity index (χ0n) is 13.4. The number of rotatable bonds is 6. The average molecular weight is 343 g/mol. The topological polar surface area (TPSA) is 61.2 Å². The summed E-state index contributed by atoms with van der Waals surface area (Å²) in [6.07, 6.45) is 5.55. The molecule has 1 amide bonds. The summed E-state index contributed by atoms with van der Waals surface area (Å²) in [5.41, 5.74) is 3.20.